The third kappa shape index (κ3) is 8.01. The van der Waals surface area contributed by atoms with Crippen LogP contribution in [0.25, 0.3) is 0 Å². The molecule has 0 aliphatic rings. The van der Waals surface area contributed by atoms with Gasteiger partial charge in [0.25, 0.3) is 5.91 Å². The maximum atomic E-state index is 14.2. The van der Waals surface area contributed by atoms with Gasteiger partial charge in [0.05, 0.1) is 12.8 Å². The zero-order chi connectivity index (χ0) is 21.5. The van der Waals surface area contributed by atoms with Gasteiger partial charge >= 0.3 is 12.3 Å². The van der Waals surface area contributed by atoms with E-state index in [4.69, 9.17) is 26.0 Å². The van der Waals surface area contributed by atoms with Crippen LogP contribution in [0.3, 0.4) is 0 Å². The molecule has 0 bridgehead atoms. The molecule has 12 heteroatoms. The SMILES string of the molecule is CC(=N)OC(=N)CC(OC(N)=O)c1cc(C(=O)NCCC(F)(F)F)ccc1F. The molecule has 1 aromatic rings. The van der Waals surface area contributed by atoms with Crippen molar-refractivity contribution in [3.8, 4) is 0 Å². The minimum absolute atomic E-state index is 0.188. The molecule has 2 amide bonds. The summed E-state index contributed by atoms with van der Waals surface area (Å²) in [6.45, 7) is 0.568. The summed E-state index contributed by atoms with van der Waals surface area (Å²) in [6.07, 6.45) is -8.92. The van der Waals surface area contributed by atoms with Crippen LogP contribution < -0.4 is 11.1 Å². The summed E-state index contributed by atoms with van der Waals surface area (Å²) < 4.78 is 60.1. The monoisotopic (exact) mass is 406 g/mol. The summed E-state index contributed by atoms with van der Waals surface area (Å²) in [5, 5.41) is 16.8. The number of primary amides is 1. The van der Waals surface area contributed by atoms with E-state index < -0.39 is 55.4 Å². The molecule has 0 radical (unpaired) electrons. The van der Waals surface area contributed by atoms with Gasteiger partial charge in [-0.05, 0) is 18.2 Å². The van der Waals surface area contributed by atoms with Gasteiger partial charge in [0.15, 0.2) is 11.8 Å². The molecule has 8 nitrogen and oxygen atoms in total. The molecule has 0 aromatic heterocycles. The molecule has 0 fully saturated rings. The number of hydrogen-bond donors (Lipinski definition) is 4. The Kier molecular flexibility index (Phi) is 7.89. The summed E-state index contributed by atoms with van der Waals surface area (Å²) >= 11 is 0. The molecule has 1 unspecified atom stereocenters. The molecule has 1 aromatic carbocycles. The lowest BCUT2D eigenvalue weighted by Gasteiger charge is -2.19. The average molecular weight is 406 g/mol. The van der Waals surface area contributed by atoms with E-state index >= 15 is 0 Å². The van der Waals surface area contributed by atoms with E-state index in [1.54, 1.807) is 0 Å². The average Bonchev–Trinajstić information content (AvgIpc) is 2.52. The number of carbonyl (C=O) groups is 2. The van der Waals surface area contributed by atoms with Gasteiger partial charge in [0, 0.05) is 24.6 Å². The maximum Gasteiger partial charge on any atom is 0.405 e. The first-order valence-electron chi connectivity index (χ1n) is 7.80. The summed E-state index contributed by atoms with van der Waals surface area (Å²) in [5.74, 6) is -2.67. The smallest absolute Gasteiger partial charge is 0.405 e. The number of nitrogens with one attached hydrogen (secondary N) is 3. The molecule has 28 heavy (non-hydrogen) atoms. The summed E-state index contributed by atoms with van der Waals surface area (Å²) in [4.78, 5) is 23.1. The van der Waals surface area contributed by atoms with Crippen LogP contribution in [0.5, 0.6) is 0 Å². The van der Waals surface area contributed by atoms with Crippen molar-refractivity contribution >= 4 is 23.8 Å². The Morgan fingerprint density at radius 3 is 2.46 bits per heavy atom. The minimum Gasteiger partial charge on any atom is -0.441 e. The third-order valence-electron chi connectivity index (χ3n) is 3.20. The fourth-order valence-corrected chi connectivity index (χ4v) is 2.10. The number of benzene rings is 1. The number of hydrogen-bond acceptors (Lipinski definition) is 6. The lowest BCUT2D eigenvalue weighted by atomic mass is 10.0. The van der Waals surface area contributed by atoms with Crippen molar-refractivity contribution in [3.63, 3.8) is 0 Å². The first-order chi connectivity index (χ1) is 12.9. The van der Waals surface area contributed by atoms with Crippen LogP contribution in [0.2, 0.25) is 0 Å². The predicted molar refractivity (Wildman–Crippen MR) is 89.6 cm³/mol. The number of amides is 2. The molecular formula is C16H18F4N4O4. The number of halogens is 4. The molecule has 0 heterocycles. The Bertz CT molecular complexity index is 768. The van der Waals surface area contributed by atoms with Crippen LogP contribution in [-0.2, 0) is 9.47 Å². The molecular weight excluding hydrogens is 388 g/mol. The Morgan fingerprint density at radius 2 is 1.93 bits per heavy atom. The molecule has 1 atom stereocenters. The normalized spacial score (nSPS) is 12.0. The fourth-order valence-electron chi connectivity index (χ4n) is 2.10. The van der Waals surface area contributed by atoms with Gasteiger partial charge in [-0.3, -0.25) is 15.6 Å². The molecule has 154 valence electrons. The van der Waals surface area contributed by atoms with Crippen molar-refractivity contribution in [1.29, 1.82) is 10.8 Å². The second-order valence-electron chi connectivity index (χ2n) is 5.57. The second-order valence-corrected chi connectivity index (χ2v) is 5.57. The van der Waals surface area contributed by atoms with Gasteiger partial charge < -0.3 is 20.5 Å². The van der Waals surface area contributed by atoms with Crippen LogP contribution in [0.4, 0.5) is 22.4 Å². The first kappa shape index (κ1) is 22.9. The maximum absolute atomic E-state index is 14.2. The third-order valence-corrected chi connectivity index (χ3v) is 3.20. The van der Waals surface area contributed by atoms with Gasteiger partial charge in [-0.15, -0.1) is 0 Å². The van der Waals surface area contributed by atoms with Gasteiger partial charge in [-0.2, -0.15) is 13.2 Å². The van der Waals surface area contributed by atoms with E-state index in [1.807, 2.05) is 5.32 Å². The first-order valence-corrected chi connectivity index (χ1v) is 7.80. The Balaban J connectivity index is 3.02. The van der Waals surface area contributed by atoms with Gasteiger partial charge in [0.1, 0.15) is 11.9 Å². The largest absolute Gasteiger partial charge is 0.441 e. The van der Waals surface area contributed by atoms with Gasteiger partial charge in [0.2, 0.25) is 0 Å². The van der Waals surface area contributed by atoms with E-state index in [9.17, 15) is 27.2 Å². The van der Waals surface area contributed by atoms with Crippen molar-refractivity contribution in [2.24, 2.45) is 5.73 Å². The van der Waals surface area contributed by atoms with Crippen LogP contribution in [-0.4, -0.2) is 36.5 Å². The number of ether oxygens (including phenoxy) is 2. The van der Waals surface area contributed by atoms with Crippen LogP contribution in [0.1, 0.15) is 41.8 Å². The highest BCUT2D eigenvalue weighted by molar-refractivity contribution is 5.94. The van der Waals surface area contributed by atoms with Crippen molar-refractivity contribution in [2.45, 2.75) is 32.0 Å². The van der Waals surface area contributed by atoms with E-state index in [-0.39, 0.29) is 17.0 Å². The van der Waals surface area contributed by atoms with Crippen LogP contribution in [0.15, 0.2) is 18.2 Å². The predicted octanol–water partition coefficient (Wildman–Crippen LogP) is 3.03. The molecule has 0 saturated carbocycles. The highest BCUT2D eigenvalue weighted by Crippen LogP contribution is 2.26. The van der Waals surface area contributed by atoms with E-state index in [1.165, 1.54) is 6.92 Å². The minimum atomic E-state index is -4.45. The Hall–Kier alpha value is -3.18. The fraction of sp³-hybridized carbons (Fsp3) is 0.375. The number of carbonyl (C=O) groups excluding carboxylic acids is 2. The highest BCUT2D eigenvalue weighted by atomic mass is 19.4. The zero-order valence-corrected chi connectivity index (χ0v) is 14.7. The number of nitrogens with two attached hydrogens (primary N) is 1. The van der Waals surface area contributed by atoms with E-state index in [0.717, 1.165) is 18.2 Å². The van der Waals surface area contributed by atoms with Crippen molar-refractivity contribution in [3.05, 3.63) is 35.1 Å². The van der Waals surface area contributed by atoms with Crippen LogP contribution in [0, 0.1) is 16.6 Å². The van der Waals surface area contributed by atoms with Gasteiger partial charge in [-0.1, -0.05) is 0 Å². The van der Waals surface area contributed by atoms with Crippen LogP contribution >= 0.6 is 0 Å². The van der Waals surface area contributed by atoms with E-state index in [2.05, 4.69) is 0 Å². The highest BCUT2D eigenvalue weighted by Gasteiger charge is 2.27. The second kappa shape index (κ2) is 9.67. The Morgan fingerprint density at radius 1 is 1.29 bits per heavy atom. The Labute approximate surface area is 157 Å². The molecule has 5 N–H and O–H groups in total. The molecule has 1 rings (SSSR count). The summed E-state index contributed by atoms with van der Waals surface area (Å²) in [7, 11) is 0. The van der Waals surface area contributed by atoms with Crippen molar-refractivity contribution < 1.29 is 36.6 Å². The molecule has 0 aliphatic carbocycles. The van der Waals surface area contributed by atoms with E-state index in [0.29, 0.717) is 0 Å². The number of alkyl halides is 3. The zero-order valence-electron chi connectivity index (χ0n) is 14.7. The molecule has 0 aliphatic heterocycles. The van der Waals surface area contributed by atoms with Crippen molar-refractivity contribution in [2.75, 3.05) is 6.54 Å². The standard InChI is InChI=1S/C16H18F4N4O4/c1-8(21)27-13(22)7-12(28-15(23)26)10-6-9(2-3-11(10)17)14(25)24-5-4-16(18,19)20/h2-3,6,12,21-22H,4-5,7H2,1H3,(H2,23,26)(H,24,25). The quantitative estimate of drug-likeness (QED) is 0.314. The summed E-state index contributed by atoms with van der Waals surface area (Å²) in [6, 6.07) is 2.86. The molecule has 0 spiro atoms. The van der Waals surface area contributed by atoms with Gasteiger partial charge in [-0.25, -0.2) is 9.18 Å². The molecule has 0 saturated heterocycles. The van der Waals surface area contributed by atoms with Crippen molar-refractivity contribution in [1.82, 2.24) is 5.32 Å². The summed E-state index contributed by atoms with van der Waals surface area (Å²) in [5.41, 5.74) is 4.42. The lowest BCUT2D eigenvalue weighted by molar-refractivity contribution is -0.133. The topological polar surface area (TPSA) is 138 Å². The number of rotatable bonds is 7. The lowest BCUT2D eigenvalue weighted by Crippen LogP contribution is -2.28.